The van der Waals surface area contributed by atoms with E-state index in [-0.39, 0.29) is 6.04 Å². The minimum atomic E-state index is -0.496. The number of nitrogens with one attached hydrogen (secondary N) is 1. The summed E-state index contributed by atoms with van der Waals surface area (Å²) in [4.78, 5) is 0. The Balaban J connectivity index is 2.13. The van der Waals surface area contributed by atoms with Crippen molar-refractivity contribution in [3.05, 3.63) is 0 Å². The molecule has 4 atom stereocenters. The second-order valence-electron chi connectivity index (χ2n) is 5.67. The summed E-state index contributed by atoms with van der Waals surface area (Å²) in [6.45, 7) is 6.63. The lowest BCUT2D eigenvalue weighted by Crippen LogP contribution is -2.50. The lowest BCUT2D eigenvalue weighted by atomic mass is 9.82. The van der Waals surface area contributed by atoms with E-state index in [1.807, 2.05) is 14.0 Å². The van der Waals surface area contributed by atoms with E-state index < -0.39 is 5.60 Å². The van der Waals surface area contributed by atoms with Gasteiger partial charge >= 0.3 is 0 Å². The van der Waals surface area contributed by atoms with E-state index in [2.05, 4.69) is 19.2 Å². The van der Waals surface area contributed by atoms with Crippen LogP contribution in [0.5, 0.6) is 0 Å². The van der Waals surface area contributed by atoms with Crippen LogP contribution in [-0.2, 0) is 0 Å². The van der Waals surface area contributed by atoms with E-state index in [0.717, 1.165) is 24.7 Å². The molecule has 2 fully saturated rings. The molecule has 13 heavy (non-hydrogen) atoms. The van der Waals surface area contributed by atoms with Crippen molar-refractivity contribution in [1.29, 1.82) is 0 Å². The zero-order valence-electron chi connectivity index (χ0n) is 9.09. The first kappa shape index (κ1) is 9.47. The average molecular weight is 183 g/mol. The van der Waals surface area contributed by atoms with Crippen LogP contribution in [-0.4, -0.2) is 23.8 Å². The van der Waals surface area contributed by atoms with Gasteiger partial charge in [0.05, 0.1) is 5.60 Å². The Bertz CT molecular complexity index is 222. The van der Waals surface area contributed by atoms with Crippen LogP contribution in [0, 0.1) is 17.3 Å². The summed E-state index contributed by atoms with van der Waals surface area (Å²) < 4.78 is 0. The molecule has 2 heteroatoms. The molecule has 0 heterocycles. The van der Waals surface area contributed by atoms with Crippen molar-refractivity contribution in [3.8, 4) is 0 Å². The Morgan fingerprint density at radius 1 is 1.23 bits per heavy atom. The van der Waals surface area contributed by atoms with Crippen LogP contribution >= 0.6 is 0 Å². The first-order valence-corrected chi connectivity index (χ1v) is 5.29. The molecule has 2 nitrogen and oxygen atoms in total. The number of rotatable bonds is 1. The largest absolute Gasteiger partial charge is 0.389 e. The predicted molar refractivity (Wildman–Crippen MR) is 53.5 cm³/mol. The first-order valence-electron chi connectivity index (χ1n) is 5.29. The summed E-state index contributed by atoms with van der Waals surface area (Å²) in [6, 6.07) is 0.288. The van der Waals surface area contributed by atoms with E-state index in [9.17, 15) is 5.11 Å². The fourth-order valence-electron chi connectivity index (χ4n) is 3.25. The van der Waals surface area contributed by atoms with Crippen molar-refractivity contribution in [2.45, 2.75) is 45.3 Å². The predicted octanol–water partition coefficient (Wildman–Crippen LogP) is 1.39. The molecule has 2 N–H and O–H groups in total. The van der Waals surface area contributed by atoms with E-state index in [4.69, 9.17) is 0 Å². The van der Waals surface area contributed by atoms with Gasteiger partial charge in [-0.3, -0.25) is 0 Å². The van der Waals surface area contributed by atoms with Gasteiger partial charge in [-0.2, -0.15) is 0 Å². The van der Waals surface area contributed by atoms with Gasteiger partial charge in [0.1, 0.15) is 0 Å². The second kappa shape index (κ2) is 2.48. The molecule has 0 radical (unpaired) electrons. The summed E-state index contributed by atoms with van der Waals surface area (Å²) in [5.74, 6) is 1.59. The molecule has 0 aromatic carbocycles. The minimum absolute atomic E-state index is 0.288. The van der Waals surface area contributed by atoms with E-state index in [0.29, 0.717) is 5.41 Å². The van der Waals surface area contributed by atoms with Crippen LogP contribution in [0.15, 0.2) is 0 Å². The van der Waals surface area contributed by atoms with Crippen molar-refractivity contribution < 1.29 is 5.11 Å². The van der Waals surface area contributed by atoms with Crippen LogP contribution in [0.2, 0.25) is 0 Å². The lowest BCUT2D eigenvalue weighted by Gasteiger charge is -2.36. The number of hydrogen-bond acceptors (Lipinski definition) is 2. The maximum atomic E-state index is 10.2. The van der Waals surface area contributed by atoms with Gasteiger partial charge in [-0.15, -0.1) is 0 Å². The van der Waals surface area contributed by atoms with Crippen LogP contribution in [0.25, 0.3) is 0 Å². The molecule has 0 saturated heterocycles. The van der Waals surface area contributed by atoms with Gasteiger partial charge in [0, 0.05) is 6.04 Å². The van der Waals surface area contributed by atoms with Crippen LogP contribution in [0.4, 0.5) is 0 Å². The summed E-state index contributed by atoms with van der Waals surface area (Å²) in [5.41, 5.74) is -0.0146. The Morgan fingerprint density at radius 2 is 1.85 bits per heavy atom. The van der Waals surface area contributed by atoms with Crippen LogP contribution in [0.3, 0.4) is 0 Å². The first-order chi connectivity index (χ1) is 5.89. The molecular formula is C11H21NO. The van der Waals surface area contributed by atoms with Crippen LogP contribution in [0.1, 0.15) is 33.6 Å². The highest BCUT2D eigenvalue weighted by molar-refractivity contribution is 5.14. The molecule has 0 aromatic heterocycles. The molecule has 0 aliphatic heterocycles. The average Bonchev–Trinajstić information content (AvgIpc) is 2.50. The quantitative estimate of drug-likeness (QED) is 0.644. The summed E-state index contributed by atoms with van der Waals surface area (Å²) in [7, 11) is 1.95. The van der Waals surface area contributed by atoms with Crippen molar-refractivity contribution >= 4 is 0 Å². The molecule has 0 spiro atoms. The minimum Gasteiger partial charge on any atom is -0.389 e. The van der Waals surface area contributed by atoms with E-state index in [1.165, 1.54) is 0 Å². The van der Waals surface area contributed by atoms with E-state index >= 15 is 0 Å². The zero-order chi connectivity index (χ0) is 9.85. The number of hydrogen-bond donors (Lipinski definition) is 2. The van der Waals surface area contributed by atoms with Crippen molar-refractivity contribution in [2.24, 2.45) is 17.3 Å². The summed E-state index contributed by atoms with van der Waals surface area (Å²) >= 11 is 0. The maximum Gasteiger partial charge on any atom is 0.0775 e. The molecule has 2 aliphatic rings. The van der Waals surface area contributed by atoms with Crippen molar-refractivity contribution in [1.82, 2.24) is 5.32 Å². The number of fused-ring (bicyclic) bond motifs is 1. The Morgan fingerprint density at radius 3 is 2.38 bits per heavy atom. The highest BCUT2D eigenvalue weighted by Crippen LogP contribution is 2.66. The molecule has 2 rings (SSSR count). The Labute approximate surface area is 80.7 Å². The SMILES string of the molecule is CN[C@@H]1C[C@@H]2[C@H](C[C@]1(C)O)C2(C)C. The second-order valence-corrected chi connectivity index (χ2v) is 5.67. The molecule has 2 saturated carbocycles. The van der Waals surface area contributed by atoms with Gasteiger partial charge in [0.2, 0.25) is 0 Å². The number of likely N-dealkylation sites (N-methyl/N-ethyl adjacent to an activating group) is 1. The van der Waals surface area contributed by atoms with Gasteiger partial charge in [-0.1, -0.05) is 13.8 Å². The van der Waals surface area contributed by atoms with Crippen LogP contribution < -0.4 is 5.32 Å². The maximum absolute atomic E-state index is 10.2. The van der Waals surface area contributed by atoms with E-state index in [1.54, 1.807) is 0 Å². The summed E-state index contributed by atoms with van der Waals surface area (Å²) in [5, 5.41) is 13.4. The van der Waals surface area contributed by atoms with Gasteiger partial charge < -0.3 is 10.4 Å². The molecular weight excluding hydrogens is 162 g/mol. The third-order valence-corrected chi connectivity index (χ3v) is 4.51. The molecule has 0 aromatic rings. The number of aliphatic hydroxyl groups is 1. The van der Waals surface area contributed by atoms with Crippen molar-refractivity contribution in [3.63, 3.8) is 0 Å². The lowest BCUT2D eigenvalue weighted by molar-refractivity contribution is -0.0113. The molecule has 0 unspecified atom stereocenters. The third kappa shape index (κ3) is 1.23. The van der Waals surface area contributed by atoms with Gasteiger partial charge in [0.15, 0.2) is 0 Å². The third-order valence-electron chi connectivity index (χ3n) is 4.51. The van der Waals surface area contributed by atoms with Gasteiger partial charge in [-0.25, -0.2) is 0 Å². The highest BCUT2D eigenvalue weighted by Gasteiger charge is 2.63. The molecule has 0 amide bonds. The summed E-state index contributed by atoms with van der Waals surface area (Å²) in [6.07, 6.45) is 2.11. The van der Waals surface area contributed by atoms with Gasteiger partial charge in [-0.05, 0) is 44.1 Å². The molecule has 2 aliphatic carbocycles. The molecule has 76 valence electrons. The zero-order valence-corrected chi connectivity index (χ0v) is 9.09. The standard InChI is InChI=1S/C11H21NO/c1-10(2)7-5-9(12-4)11(3,13)6-8(7)10/h7-9,12-13H,5-6H2,1-4H3/t7-,8+,9-,11+/m1/s1. The monoisotopic (exact) mass is 183 g/mol. The fraction of sp³-hybridized carbons (Fsp3) is 1.00. The Hall–Kier alpha value is -0.0800. The normalized spacial score (nSPS) is 52.8. The van der Waals surface area contributed by atoms with Crippen molar-refractivity contribution in [2.75, 3.05) is 7.05 Å². The topological polar surface area (TPSA) is 32.3 Å². The molecule has 0 bridgehead atoms. The Kier molecular flexibility index (Phi) is 1.81. The fourth-order valence-corrected chi connectivity index (χ4v) is 3.25. The van der Waals surface area contributed by atoms with Gasteiger partial charge in [0.25, 0.3) is 0 Å². The highest BCUT2D eigenvalue weighted by atomic mass is 16.3. The smallest absolute Gasteiger partial charge is 0.0775 e.